The van der Waals surface area contributed by atoms with Crippen molar-refractivity contribution in [3.05, 3.63) is 50.1 Å². The molecule has 1 unspecified atom stereocenters. The van der Waals surface area contributed by atoms with E-state index < -0.39 is 6.10 Å². The largest absolute Gasteiger partial charge is 0.490 e. The van der Waals surface area contributed by atoms with Gasteiger partial charge in [-0.05, 0) is 36.6 Å². The highest BCUT2D eigenvalue weighted by atomic mass is 35.5. The summed E-state index contributed by atoms with van der Waals surface area (Å²) in [5.41, 5.74) is 1.40. The summed E-state index contributed by atoms with van der Waals surface area (Å²) >= 11 is 13.2. The van der Waals surface area contributed by atoms with Crippen LogP contribution in [0, 0.1) is 0 Å². The molecule has 1 atom stereocenters. The molecule has 2 aromatic rings. The fourth-order valence-corrected chi connectivity index (χ4v) is 3.38. The molecule has 0 amide bonds. The van der Waals surface area contributed by atoms with Gasteiger partial charge in [0, 0.05) is 5.56 Å². The predicted molar refractivity (Wildman–Crippen MR) is 78.5 cm³/mol. The Morgan fingerprint density at radius 1 is 1.26 bits per heavy atom. The van der Waals surface area contributed by atoms with Crippen LogP contribution in [0.5, 0.6) is 5.75 Å². The van der Waals surface area contributed by atoms with Crippen LogP contribution < -0.4 is 4.74 Å². The quantitative estimate of drug-likeness (QED) is 0.888. The Hall–Kier alpha value is -0.740. The zero-order valence-electron chi connectivity index (χ0n) is 9.98. The monoisotopic (exact) mass is 314 g/mol. The summed E-state index contributed by atoms with van der Waals surface area (Å²) in [5.74, 6) is 0.788. The van der Waals surface area contributed by atoms with Gasteiger partial charge in [0.25, 0.3) is 0 Å². The Morgan fingerprint density at radius 2 is 2.05 bits per heavy atom. The molecular weight excluding hydrogens is 303 g/mol. The van der Waals surface area contributed by atoms with Crippen LogP contribution in [0.15, 0.2) is 30.3 Å². The molecule has 3 rings (SSSR count). The molecule has 0 aliphatic heterocycles. The van der Waals surface area contributed by atoms with Gasteiger partial charge in [-0.1, -0.05) is 35.3 Å². The van der Waals surface area contributed by atoms with Gasteiger partial charge in [-0.25, -0.2) is 0 Å². The number of rotatable bonds is 4. The van der Waals surface area contributed by atoms with Crippen LogP contribution in [0.4, 0.5) is 0 Å². The molecule has 100 valence electrons. The van der Waals surface area contributed by atoms with E-state index in [9.17, 15) is 5.11 Å². The number of hydrogen-bond donors (Lipinski definition) is 1. The average molecular weight is 315 g/mol. The number of aliphatic hydroxyl groups excluding tert-OH is 1. The minimum absolute atomic E-state index is 0.339. The van der Waals surface area contributed by atoms with E-state index in [0.717, 1.165) is 24.2 Å². The molecule has 1 saturated carbocycles. The van der Waals surface area contributed by atoms with Gasteiger partial charge in [-0.2, -0.15) is 0 Å². The maximum absolute atomic E-state index is 10.4. The summed E-state index contributed by atoms with van der Waals surface area (Å²) in [6, 6.07) is 9.18. The topological polar surface area (TPSA) is 29.5 Å². The smallest absolute Gasteiger partial charge is 0.120 e. The number of halogens is 2. The Balaban J connectivity index is 1.85. The Labute approximate surface area is 125 Å². The summed E-state index contributed by atoms with van der Waals surface area (Å²) in [6.45, 7) is 0. The highest BCUT2D eigenvalue weighted by Crippen LogP contribution is 2.38. The summed E-state index contributed by atoms with van der Waals surface area (Å²) in [4.78, 5) is 0. The number of thiophene rings is 1. The highest BCUT2D eigenvalue weighted by molar-refractivity contribution is 7.20. The third kappa shape index (κ3) is 3.06. The van der Waals surface area contributed by atoms with E-state index in [1.165, 1.54) is 11.3 Å². The third-order valence-corrected chi connectivity index (χ3v) is 4.50. The van der Waals surface area contributed by atoms with Crippen LogP contribution in [0.1, 0.15) is 30.1 Å². The van der Waals surface area contributed by atoms with Crippen molar-refractivity contribution in [1.29, 1.82) is 0 Å². The van der Waals surface area contributed by atoms with Gasteiger partial charge in [-0.15, -0.1) is 11.3 Å². The molecule has 0 bridgehead atoms. The molecule has 1 aromatic heterocycles. The average Bonchev–Trinajstić information content (AvgIpc) is 3.13. The standard InChI is InChI=1S/C14H12Cl2O2S/c15-12-7-11(14(16)19-12)13(17)8-2-1-3-10(6-8)18-9-4-5-9/h1-3,6-7,9,13,17H,4-5H2. The molecular formula is C14H12Cl2O2S. The normalized spacial score (nSPS) is 16.4. The fraction of sp³-hybridized carbons (Fsp3) is 0.286. The first-order valence-electron chi connectivity index (χ1n) is 6.03. The molecule has 1 aliphatic carbocycles. The van der Waals surface area contributed by atoms with Crippen molar-refractivity contribution in [3.63, 3.8) is 0 Å². The fourth-order valence-electron chi connectivity index (χ4n) is 1.86. The summed E-state index contributed by atoms with van der Waals surface area (Å²) in [6.07, 6.45) is 1.78. The van der Waals surface area contributed by atoms with Crippen molar-refractivity contribution in [2.24, 2.45) is 0 Å². The van der Waals surface area contributed by atoms with Gasteiger partial charge < -0.3 is 9.84 Å². The Morgan fingerprint density at radius 3 is 2.68 bits per heavy atom. The van der Waals surface area contributed by atoms with Gasteiger partial charge in [0.15, 0.2) is 0 Å². The van der Waals surface area contributed by atoms with Crippen LogP contribution in [-0.2, 0) is 0 Å². The molecule has 1 heterocycles. The second-order valence-electron chi connectivity index (χ2n) is 4.57. The summed E-state index contributed by atoms with van der Waals surface area (Å²) in [5, 5.41) is 10.4. The van der Waals surface area contributed by atoms with Crippen molar-refractivity contribution >= 4 is 34.5 Å². The van der Waals surface area contributed by atoms with Crippen LogP contribution in [0.2, 0.25) is 8.67 Å². The lowest BCUT2D eigenvalue weighted by Gasteiger charge is -2.12. The minimum atomic E-state index is -0.779. The molecule has 1 aromatic carbocycles. The summed E-state index contributed by atoms with van der Waals surface area (Å²) < 4.78 is 6.81. The number of benzene rings is 1. The minimum Gasteiger partial charge on any atom is -0.490 e. The second kappa shape index (κ2) is 5.33. The van der Waals surface area contributed by atoms with Crippen LogP contribution >= 0.6 is 34.5 Å². The van der Waals surface area contributed by atoms with Gasteiger partial charge in [0.1, 0.15) is 16.2 Å². The lowest BCUT2D eigenvalue weighted by molar-refractivity contribution is 0.219. The Kier molecular flexibility index (Phi) is 3.72. The maximum Gasteiger partial charge on any atom is 0.120 e. The van der Waals surface area contributed by atoms with E-state index in [-0.39, 0.29) is 0 Å². The molecule has 5 heteroatoms. The molecule has 0 radical (unpaired) electrons. The summed E-state index contributed by atoms with van der Waals surface area (Å²) in [7, 11) is 0. The van der Waals surface area contributed by atoms with Crippen molar-refractivity contribution in [2.45, 2.75) is 25.0 Å². The van der Waals surface area contributed by atoms with E-state index in [4.69, 9.17) is 27.9 Å². The second-order valence-corrected chi connectivity index (χ2v) is 6.86. The number of hydrogen-bond acceptors (Lipinski definition) is 3. The number of aliphatic hydroxyl groups is 1. The van der Waals surface area contributed by atoms with Crippen molar-refractivity contribution in [3.8, 4) is 5.75 Å². The van der Waals surface area contributed by atoms with Crippen molar-refractivity contribution in [2.75, 3.05) is 0 Å². The van der Waals surface area contributed by atoms with E-state index in [1.54, 1.807) is 6.07 Å². The van der Waals surface area contributed by atoms with Crippen molar-refractivity contribution < 1.29 is 9.84 Å². The lowest BCUT2D eigenvalue weighted by atomic mass is 10.0. The van der Waals surface area contributed by atoms with Gasteiger partial charge in [-0.3, -0.25) is 0 Å². The van der Waals surface area contributed by atoms with Crippen LogP contribution in [0.25, 0.3) is 0 Å². The van der Waals surface area contributed by atoms with Crippen molar-refractivity contribution in [1.82, 2.24) is 0 Å². The SMILES string of the molecule is OC(c1cccc(OC2CC2)c1)c1cc(Cl)sc1Cl. The molecule has 1 aliphatic rings. The molecule has 0 spiro atoms. The maximum atomic E-state index is 10.4. The molecule has 1 N–H and O–H groups in total. The number of ether oxygens (including phenoxy) is 1. The van der Waals surface area contributed by atoms with Crippen LogP contribution in [0.3, 0.4) is 0 Å². The molecule has 19 heavy (non-hydrogen) atoms. The Bertz CT molecular complexity index is 593. The van der Waals surface area contributed by atoms with E-state index in [2.05, 4.69) is 0 Å². The van der Waals surface area contributed by atoms with E-state index in [1.807, 2.05) is 24.3 Å². The first-order chi connectivity index (χ1) is 9.13. The molecule has 2 nitrogen and oxygen atoms in total. The first-order valence-corrected chi connectivity index (χ1v) is 7.60. The molecule has 0 saturated heterocycles. The first kappa shape index (κ1) is 13.3. The molecule has 1 fully saturated rings. The van der Waals surface area contributed by atoms with Gasteiger partial charge in [0.2, 0.25) is 0 Å². The third-order valence-electron chi connectivity index (χ3n) is 2.98. The van der Waals surface area contributed by atoms with Gasteiger partial charge in [0.05, 0.1) is 10.4 Å². The lowest BCUT2D eigenvalue weighted by Crippen LogP contribution is -2.01. The zero-order valence-corrected chi connectivity index (χ0v) is 12.3. The van der Waals surface area contributed by atoms with E-state index >= 15 is 0 Å². The van der Waals surface area contributed by atoms with E-state index in [0.29, 0.717) is 20.3 Å². The zero-order chi connectivity index (χ0) is 13.4. The predicted octanol–water partition coefficient (Wildman–Crippen LogP) is 4.68. The van der Waals surface area contributed by atoms with Gasteiger partial charge >= 0.3 is 0 Å². The highest BCUT2D eigenvalue weighted by Gasteiger charge is 2.24. The van der Waals surface area contributed by atoms with Crippen LogP contribution in [-0.4, -0.2) is 11.2 Å².